The van der Waals surface area contributed by atoms with E-state index >= 15 is 0 Å². The zero-order valence-corrected chi connectivity index (χ0v) is 11.4. The molecule has 2 aromatic rings. The van der Waals surface area contributed by atoms with Gasteiger partial charge in [-0.2, -0.15) is 5.26 Å². The zero-order chi connectivity index (χ0) is 12.4. The number of aromatic nitrogens is 1. The average molecular weight is 311 g/mol. The average Bonchev–Trinajstić information content (AvgIpc) is 2.34. The van der Waals surface area contributed by atoms with E-state index in [4.69, 9.17) is 16.9 Å². The highest BCUT2D eigenvalue weighted by atomic mass is 79.9. The molecule has 1 aromatic carbocycles. The topological polar surface area (TPSA) is 48.7 Å². The molecule has 17 heavy (non-hydrogen) atoms. The number of nitrogens with one attached hydrogen (secondary N) is 1. The van der Waals surface area contributed by atoms with E-state index < -0.39 is 0 Å². The normalized spacial score (nSPS) is 10.2. The summed E-state index contributed by atoms with van der Waals surface area (Å²) >= 11 is 9.57. The Balaban J connectivity index is 2.89. The fourth-order valence-electron chi connectivity index (χ4n) is 1.68. The number of benzene rings is 1. The lowest BCUT2D eigenvalue weighted by molar-refractivity contribution is 1.21. The van der Waals surface area contributed by atoms with Gasteiger partial charge < -0.3 is 5.32 Å². The molecule has 0 atom stereocenters. The minimum absolute atomic E-state index is 0.516. The third-order valence-corrected chi connectivity index (χ3v) is 3.36. The second-order valence-corrected chi connectivity index (χ2v) is 4.70. The van der Waals surface area contributed by atoms with E-state index in [1.807, 2.05) is 13.0 Å². The number of nitriles is 1. The molecule has 0 bridgehead atoms. The molecular weight excluding hydrogens is 302 g/mol. The molecule has 1 aromatic heterocycles. The molecule has 0 radical (unpaired) electrons. The second kappa shape index (κ2) is 4.91. The summed E-state index contributed by atoms with van der Waals surface area (Å²) in [6.45, 7) is 2.71. The Kier molecular flexibility index (Phi) is 3.51. The number of hydrogen-bond donors (Lipinski definition) is 1. The van der Waals surface area contributed by atoms with Crippen molar-refractivity contribution in [3.8, 4) is 6.07 Å². The first-order valence-electron chi connectivity index (χ1n) is 5.09. The molecule has 0 aliphatic carbocycles. The molecule has 5 heteroatoms. The van der Waals surface area contributed by atoms with Gasteiger partial charge in [0.1, 0.15) is 6.07 Å². The first-order valence-corrected chi connectivity index (χ1v) is 6.26. The third-order valence-electron chi connectivity index (χ3n) is 2.39. The van der Waals surface area contributed by atoms with Gasteiger partial charge in [-0.3, -0.25) is 4.98 Å². The lowest BCUT2D eigenvalue weighted by Gasteiger charge is -2.11. The van der Waals surface area contributed by atoms with Gasteiger partial charge >= 0.3 is 0 Å². The molecule has 1 N–H and O–H groups in total. The van der Waals surface area contributed by atoms with Crippen LogP contribution in [0.1, 0.15) is 12.5 Å². The summed E-state index contributed by atoms with van der Waals surface area (Å²) < 4.78 is 0.873. The van der Waals surface area contributed by atoms with E-state index in [-0.39, 0.29) is 0 Å². The van der Waals surface area contributed by atoms with Crippen LogP contribution in [0.5, 0.6) is 0 Å². The highest BCUT2D eigenvalue weighted by Crippen LogP contribution is 2.35. The van der Waals surface area contributed by atoms with Crippen molar-refractivity contribution in [1.29, 1.82) is 5.26 Å². The molecule has 0 fully saturated rings. The fraction of sp³-hybridized carbons (Fsp3) is 0.167. The van der Waals surface area contributed by atoms with Gasteiger partial charge in [0.15, 0.2) is 0 Å². The number of anilines is 1. The maximum atomic E-state index is 9.09. The highest BCUT2D eigenvalue weighted by Gasteiger charge is 2.13. The predicted molar refractivity (Wildman–Crippen MR) is 73.3 cm³/mol. The van der Waals surface area contributed by atoms with E-state index in [1.165, 1.54) is 0 Å². The van der Waals surface area contributed by atoms with Crippen LogP contribution < -0.4 is 5.32 Å². The number of rotatable bonds is 2. The summed E-state index contributed by atoms with van der Waals surface area (Å²) in [5.41, 5.74) is 1.98. The molecule has 0 aliphatic rings. The van der Waals surface area contributed by atoms with E-state index in [1.54, 1.807) is 12.3 Å². The summed E-state index contributed by atoms with van der Waals surface area (Å²) in [5.74, 6) is 0. The molecule has 0 spiro atoms. The summed E-state index contributed by atoms with van der Waals surface area (Å²) in [5, 5.41) is 13.7. The molecule has 0 saturated carbocycles. The molecular formula is C12H9BrClN3. The van der Waals surface area contributed by atoms with Crippen LogP contribution in [-0.2, 0) is 0 Å². The Bertz CT molecular complexity index is 619. The standard InChI is InChI=1S/C12H9BrClN3/c1-2-16-11-7(5-15)6-17-12-9(14)4-3-8(13)10(11)12/h3-4,6H,2H2,1H3,(H,16,17). The third kappa shape index (κ3) is 2.08. The van der Waals surface area contributed by atoms with Gasteiger partial charge in [-0.15, -0.1) is 0 Å². The zero-order valence-electron chi connectivity index (χ0n) is 9.09. The molecule has 3 nitrogen and oxygen atoms in total. The maximum Gasteiger partial charge on any atom is 0.103 e. The Morgan fingerprint density at radius 2 is 2.29 bits per heavy atom. The monoisotopic (exact) mass is 309 g/mol. The number of pyridine rings is 1. The quantitative estimate of drug-likeness (QED) is 0.913. The van der Waals surface area contributed by atoms with Gasteiger partial charge in [-0.25, -0.2) is 0 Å². The minimum atomic E-state index is 0.516. The maximum absolute atomic E-state index is 9.09. The van der Waals surface area contributed by atoms with Gasteiger partial charge in [0.05, 0.1) is 21.8 Å². The van der Waals surface area contributed by atoms with Crippen molar-refractivity contribution in [2.75, 3.05) is 11.9 Å². The lowest BCUT2D eigenvalue weighted by atomic mass is 10.1. The van der Waals surface area contributed by atoms with Crippen LogP contribution in [0.25, 0.3) is 10.9 Å². The van der Waals surface area contributed by atoms with Gasteiger partial charge in [0.2, 0.25) is 0 Å². The van der Waals surface area contributed by atoms with E-state index in [2.05, 4.69) is 32.3 Å². The summed E-state index contributed by atoms with van der Waals surface area (Å²) in [6.07, 6.45) is 1.54. The molecule has 2 rings (SSSR count). The van der Waals surface area contributed by atoms with Crippen LogP contribution in [0.2, 0.25) is 5.02 Å². The second-order valence-electron chi connectivity index (χ2n) is 3.44. The van der Waals surface area contributed by atoms with Crippen LogP contribution in [0.3, 0.4) is 0 Å². The summed E-state index contributed by atoms with van der Waals surface area (Å²) in [4.78, 5) is 4.23. The van der Waals surface area contributed by atoms with Gasteiger partial charge in [0.25, 0.3) is 0 Å². The molecule has 86 valence electrons. The van der Waals surface area contributed by atoms with E-state index in [0.29, 0.717) is 16.1 Å². The predicted octanol–water partition coefficient (Wildman–Crippen LogP) is 3.95. The van der Waals surface area contributed by atoms with Crippen molar-refractivity contribution in [2.45, 2.75) is 6.92 Å². The van der Waals surface area contributed by atoms with Crippen molar-refractivity contribution in [3.63, 3.8) is 0 Å². The molecule has 0 unspecified atom stereocenters. The molecule has 0 amide bonds. The smallest absolute Gasteiger partial charge is 0.103 e. The van der Waals surface area contributed by atoms with Crippen molar-refractivity contribution >= 4 is 44.1 Å². The molecule has 0 saturated heterocycles. The Morgan fingerprint density at radius 1 is 1.53 bits per heavy atom. The Hall–Kier alpha value is -1.31. The van der Waals surface area contributed by atoms with Crippen molar-refractivity contribution < 1.29 is 0 Å². The van der Waals surface area contributed by atoms with E-state index in [0.717, 1.165) is 22.1 Å². The van der Waals surface area contributed by atoms with Gasteiger partial charge in [-0.1, -0.05) is 27.5 Å². The van der Waals surface area contributed by atoms with Crippen molar-refractivity contribution in [2.24, 2.45) is 0 Å². The van der Waals surface area contributed by atoms with Gasteiger partial charge in [0, 0.05) is 22.6 Å². The lowest BCUT2D eigenvalue weighted by Crippen LogP contribution is -2.01. The van der Waals surface area contributed by atoms with Gasteiger partial charge in [-0.05, 0) is 19.1 Å². The SMILES string of the molecule is CCNc1c(C#N)cnc2c(Cl)ccc(Br)c12. The van der Waals surface area contributed by atoms with E-state index in [9.17, 15) is 0 Å². The number of fused-ring (bicyclic) bond motifs is 1. The molecule has 1 heterocycles. The number of halogens is 2. The highest BCUT2D eigenvalue weighted by molar-refractivity contribution is 9.10. The first kappa shape index (κ1) is 12.2. The van der Waals surface area contributed by atoms with Crippen molar-refractivity contribution in [3.05, 3.63) is 33.4 Å². The Labute approximate surface area is 113 Å². The number of nitrogens with zero attached hydrogens (tertiary/aromatic N) is 2. The number of hydrogen-bond acceptors (Lipinski definition) is 3. The first-order chi connectivity index (χ1) is 8.19. The Morgan fingerprint density at radius 3 is 2.94 bits per heavy atom. The van der Waals surface area contributed by atoms with Crippen LogP contribution >= 0.6 is 27.5 Å². The minimum Gasteiger partial charge on any atom is -0.384 e. The summed E-state index contributed by atoms with van der Waals surface area (Å²) in [7, 11) is 0. The molecule has 0 aliphatic heterocycles. The largest absolute Gasteiger partial charge is 0.384 e. The van der Waals surface area contributed by atoms with Crippen LogP contribution in [0, 0.1) is 11.3 Å². The van der Waals surface area contributed by atoms with Crippen molar-refractivity contribution in [1.82, 2.24) is 4.98 Å². The van der Waals surface area contributed by atoms with Crippen LogP contribution in [0.15, 0.2) is 22.8 Å². The van der Waals surface area contributed by atoms with Crippen LogP contribution in [-0.4, -0.2) is 11.5 Å². The van der Waals surface area contributed by atoms with Crippen LogP contribution in [0.4, 0.5) is 5.69 Å². The summed E-state index contributed by atoms with van der Waals surface area (Å²) in [6, 6.07) is 5.77. The fourth-order valence-corrected chi connectivity index (χ4v) is 2.40.